The Bertz CT molecular complexity index is 1390. The van der Waals surface area contributed by atoms with E-state index in [9.17, 15) is 19.5 Å². The molecule has 0 aromatic heterocycles. The van der Waals surface area contributed by atoms with E-state index in [1.807, 2.05) is 21.1 Å². The van der Waals surface area contributed by atoms with Crippen LogP contribution in [0.15, 0.2) is 36.5 Å². The molecular weight excluding hydrogens is 983 g/mol. The van der Waals surface area contributed by atoms with Crippen molar-refractivity contribution in [1.29, 1.82) is 0 Å². The van der Waals surface area contributed by atoms with Crippen LogP contribution in [0.5, 0.6) is 0 Å². The Morgan fingerprint density at radius 3 is 1.08 bits per heavy atom. The molecule has 0 aliphatic carbocycles. The lowest BCUT2D eigenvalue weighted by Crippen LogP contribution is -2.44. The molecule has 2 atom stereocenters. The fourth-order valence-electron chi connectivity index (χ4n) is 10.2. The Hall–Kier alpha value is -2.49. The van der Waals surface area contributed by atoms with E-state index < -0.39 is 24.3 Å². The number of carbonyl (C=O) groups excluding carboxylic acids is 3. The number of nitrogens with zero attached hydrogens (tertiary/aromatic N) is 1. The zero-order valence-corrected chi connectivity index (χ0v) is 53.0. The van der Waals surface area contributed by atoms with E-state index in [0.29, 0.717) is 17.4 Å². The Morgan fingerprint density at radius 1 is 0.392 bits per heavy atom. The molecule has 2 unspecified atom stereocenters. The highest BCUT2D eigenvalue weighted by Gasteiger charge is 2.22. The Morgan fingerprint density at radius 2 is 0.722 bits per heavy atom. The van der Waals surface area contributed by atoms with Crippen molar-refractivity contribution in [3.8, 4) is 0 Å². The Kier molecular flexibility index (Phi) is 59.6. The van der Waals surface area contributed by atoms with Gasteiger partial charge in [0.1, 0.15) is 13.2 Å². The fourth-order valence-corrected chi connectivity index (χ4v) is 10.2. The molecule has 0 fully saturated rings. The highest BCUT2D eigenvalue weighted by molar-refractivity contribution is 5.70. The van der Waals surface area contributed by atoms with Crippen molar-refractivity contribution in [3.05, 3.63) is 36.5 Å². The van der Waals surface area contributed by atoms with Crippen molar-refractivity contribution in [2.45, 2.75) is 347 Å². The van der Waals surface area contributed by atoms with Crippen LogP contribution in [0.3, 0.4) is 0 Å². The standard InChI is InChI=1S/C70H131NO8/c1-6-8-10-12-14-16-18-20-21-22-23-24-25-26-27-28-29-30-31-32-33-34-35-36-37-38-39-40-41-42-43-44-45-46-47-49-50-52-54-56-58-60-67(72)77-64-66(65-78-70(69(74)75)76-63-62-71(3,4)5)79-68(73)61-59-57-55-53-51-48-19-17-15-13-11-9-7-2/h9,11,15,17,48,51,66,70H,6-8,10,12-14,16,18-47,49-50,52-65H2,1-5H3/b11-9-,17-15-,51-48-. The van der Waals surface area contributed by atoms with Crippen molar-refractivity contribution < 1.29 is 42.9 Å². The number of allylic oxidation sites excluding steroid dienone is 6. The molecule has 0 saturated carbocycles. The summed E-state index contributed by atoms with van der Waals surface area (Å²) in [4.78, 5) is 37.2. The van der Waals surface area contributed by atoms with E-state index in [-0.39, 0.29) is 38.6 Å². The lowest BCUT2D eigenvalue weighted by molar-refractivity contribution is -0.870. The molecule has 0 rings (SSSR count). The van der Waals surface area contributed by atoms with Gasteiger partial charge in [-0.15, -0.1) is 0 Å². The second-order valence-electron chi connectivity index (χ2n) is 24.4. The molecule has 0 aromatic rings. The molecule has 9 heteroatoms. The number of carboxylic acid groups (broad SMARTS) is 1. The lowest BCUT2D eigenvalue weighted by Gasteiger charge is -2.26. The van der Waals surface area contributed by atoms with E-state index in [4.69, 9.17) is 18.9 Å². The third-order valence-corrected chi connectivity index (χ3v) is 15.4. The third-order valence-electron chi connectivity index (χ3n) is 15.4. The van der Waals surface area contributed by atoms with Gasteiger partial charge in [-0.1, -0.05) is 314 Å². The average molecular weight is 1110 g/mol. The smallest absolute Gasteiger partial charge is 0.306 e. The van der Waals surface area contributed by atoms with Crippen LogP contribution in [0, 0.1) is 0 Å². The minimum atomic E-state index is -1.63. The SMILES string of the molecule is CC/C=C\C/C=C\C/C=C\CCCCCC(=O)OC(COC(=O)CCCCCCCCCCCCCCCCCCCCCCCCCCCCCCCCCCCCCCCCCCC)COC(OCC[N+](C)(C)C)C(=O)[O-]. The zero-order chi connectivity index (χ0) is 57.6. The molecule has 0 heterocycles. The van der Waals surface area contributed by atoms with Gasteiger partial charge in [-0.2, -0.15) is 0 Å². The predicted molar refractivity (Wildman–Crippen MR) is 334 cm³/mol. The number of carboxylic acids is 1. The van der Waals surface area contributed by atoms with Crippen molar-refractivity contribution in [2.24, 2.45) is 0 Å². The molecule has 79 heavy (non-hydrogen) atoms. The average Bonchev–Trinajstić information content (AvgIpc) is 3.42. The topological polar surface area (TPSA) is 111 Å². The van der Waals surface area contributed by atoms with Crippen molar-refractivity contribution in [3.63, 3.8) is 0 Å². The van der Waals surface area contributed by atoms with Crippen LogP contribution in [-0.2, 0) is 33.3 Å². The Labute approximate surface area is 490 Å². The molecule has 0 radical (unpaired) electrons. The second-order valence-corrected chi connectivity index (χ2v) is 24.4. The van der Waals surface area contributed by atoms with E-state index in [2.05, 4.69) is 50.3 Å². The molecule has 0 aliphatic heterocycles. The molecule has 0 N–H and O–H groups in total. The highest BCUT2D eigenvalue weighted by atomic mass is 16.7. The van der Waals surface area contributed by atoms with Gasteiger partial charge in [-0.05, 0) is 44.9 Å². The number of quaternary nitrogens is 1. The van der Waals surface area contributed by atoms with Crippen LogP contribution in [0.25, 0.3) is 0 Å². The van der Waals surface area contributed by atoms with E-state index in [1.165, 1.54) is 244 Å². The van der Waals surface area contributed by atoms with Gasteiger partial charge in [-0.25, -0.2) is 0 Å². The maximum atomic E-state index is 12.8. The molecule has 0 aliphatic rings. The lowest BCUT2D eigenvalue weighted by atomic mass is 10.0. The summed E-state index contributed by atoms with van der Waals surface area (Å²) in [5.41, 5.74) is 0. The van der Waals surface area contributed by atoms with Gasteiger partial charge in [0, 0.05) is 12.8 Å². The number of hydrogen-bond donors (Lipinski definition) is 0. The first-order valence-electron chi connectivity index (χ1n) is 34.1. The summed E-state index contributed by atoms with van der Waals surface area (Å²) in [7, 11) is 5.92. The second kappa shape index (κ2) is 61.6. The predicted octanol–water partition coefficient (Wildman–Crippen LogP) is 19.5. The monoisotopic (exact) mass is 1110 g/mol. The number of rotatable bonds is 64. The molecule has 0 aromatic carbocycles. The van der Waals surface area contributed by atoms with Gasteiger partial charge in [-0.3, -0.25) is 9.59 Å². The summed E-state index contributed by atoms with van der Waals surface area (Å²) >= 11 is 0. The van der Waals surface area contributed by atoms with Crippen molar-refractivity contribution in [2.75, 3.05) is 47.5 Å². The number of carbonyl (C=O) groups is 3. The van der Waals surface area contributed by atoms with Gasteiger partial charge in [0.05, 0.1) is 40.3 Å². The molecular formula is C70H131NO8. The van der Waals surface area contributed by atoms with Crippen LogP contribution < -0.4 is 5.11 Å². The number of unbranched alkanes of at least 4 members (excludes halogenated alkanes) is 43. The number of aliphatic carboxylic acids is 1. The van der Waals surface area contributed by atoms with Crippen LogP contribution in [-0.4, -0.2) is 82.3 Å². The van der Waals surface area contributed by atoms with Crippen LogP contribution in [0.4, 0.5) is 0 Å². The van der Waals surface area contributed by atoms with Crippen LogP contribution in [0.1, 0.15) is 335 Å². The van der Waals surface area contributed by atoms with Gasteiger partial charge >= 0.3 is 11.9 Å². The molecule has 9 nitrogen and oxygen atoms in total. The maximum Gasteiger partial charge on any atom is 0.306 e. The summed E-state index contributed by atoms with van der Waals surface area (Å²) in [6, 6.07) is 0. The number of esters is 2. The summed E-state index contributed by atoms with van der Waals surface area (Å²) in [5.74, 6) is -2.31. The number of likely N-dealkylation sites (N-methyl/N-ethyl adjacent to an activating group) is 1. The van der Waals surface area contributed by atoms with Crippen LogP contribution >= 0.6 is 0 Å². The largest absolute Gasteiger partial charge is 0.545 e. The van der Waals surface area contributed by atoms with Gasteiger partial charge < -0.3 is 33.3 Å². The summed E-state index contributed by atoms with van der Waals surface area (Å²) in [6.07, 6.45) is 74.3. The zero-order valence-electron chi connectivity index (χ0n) is 53.0. The van der Waals surface area contributed by atoms with Gasteiger partial charge in [0.15, 0.2) is 12.4 Å². The van der Waals surface area contributed by atoms with E-state index >= 15 is 0 Å². The first-order valence-corrected chi connectivity index (χ1v) is 34.1. The highest BCUT2D eigenvalue weighted by Crippen LogP contribution is 2.19. The summed E-state index contributed by atoms with van der Waals surface area (Å²) in [5, 5.41) is 11.8. The first kappa shape index (κ1) is 76.5. The maximum absolute atomic E-state index is 12.8. The quantitative estimate of drug-likeness (QED) is 0.0195. The van der Waals surface area contributed by atoms with Crippen LogP contribution in [0.2, 0.25) is 0 Å². The van der Waals surface area contributed by atoms with Crippen molar-refractivity contribution in [1.82, 2.24) is 0 Å². The number of hydrogen-bond acceptors (Lipinski definition) is 8. The molecule has 0 bridgehead atoms. The van der Waals surface area contributed by atoms with Gasteiger partial charge in [0.25, 0.3) is 0 Å². The summed E-state index contributed by atoms with van der Waals surface area (Å²) in [6.45, 7) is 4.63. The van der Waals surface area contributed by atoms with E-state index in [1.54, 1.807) is 0 Å². The van der Waals surface area contributed by atoms with Gasteiger partial charge in [0.2, 0.25) is 0 Å². The normalized spacial score (nSPS) is 12.9. The molecule has 0 saturated heterocycles. The first-order chi connectivity index (χ1) is 38.6. The summed E-state index contributed by atoms with van der Waals surface area (Å²) < 4.78 is 22.7. The Balaban J connectivity index is 3.84. The minimum absolute atomic E-state index is 0.143. The fraction of sp³-hybridized carbons (Fsp3) is 0.871. The number of ether oxygens (including phenoxy) is 4. The van der Waals surface area contributed by atoms with Crippen molar-refractivity contribution >= 4 is 17.9 Å². The van der Waals surface area contributed by atoms with E-state index in [0.717, 1.165) is 57.8 Å². The molecule has 0 spiro atoms. The third kappa shape index (κ3) is 63.0. The molecule has 464 valence electrons. The molecule has 0 amide bonds. The minimum Gasteiger partial charge on any atom is -0.545 e.